The summed E-state index contributed by atoms with van der Waals surface area (Å²) in [5.41, 5.74) is 12.7. The summed E-state index contributed by atoms with van der Waals surface area (Å²) in [7, 11) is 0. The van der Waals surface area contributed by atoms with Crippen molar-refractivity contribution in [2.45, 2.75) is 0 Å². The molecule has 10 nitrogen and oxygen atoms in total. The third kappa shape index (κ3) is 3.11. The minimum absolute atomic E-state index is 0.0717. The van der Waals surface area contributed by atoms with Gasteiger partial charge in [-0.05, 0) is 24.3 Å². The molecule has 130 valence electrons. The molecule has 3 aromatic heterocycles. The van der Waals surface area contributed by atoms with Crippen LogP contribution in [0.25, 0.3) is 22.6 Å². The van der Waals surface area contributed by atoms with Gasteiger partial charge in [-0.15, -0.1) is 0 Å². The first-order chi connectivity index (χ1) is 12.4. The fourth-order valence-electron chi connectivity index (χ4n) is 2.19. The Morgan fingerprint density at radius 2 is 1.46 bits per heavy atom. The van der Waals surface area contributed by atoms with Crippen LogP contribution in [0, 0.1) is 0 Å². The molecule has 0 saturated heterocycles. The molecule has 0 saturated carbocycles. The lowest BCUT2D eigenvalue weighted by atomic mass is 10.1. The van der Waals surface area contributed by atoms with Crippen LogP contribution >= 0.6 is 0 Å². The van der Waals surface area contributed by atoms with Crippen molar-refractivity contribution >= 4 is 23.6 Å². The van der Waals surface area contributed by atoms with Gasteiger partial charge < -0.3 is 21.7 Å². The fraction of sp³-hybridized carbons (Fsp3) is 0. The maximum atomic E-state index is 11.0. The SMILES string of the molecule is Nc1nc(-c2ccc(-c3ccc(C(=O)O)cn3)nc2)c(N)nc1C(=O)O. The summed E-state index contributed by atoms with van der Waals surface area (Å²) in [6.07, 6.45) is 2.70. The number of carbonyl (C=O) groups is 2. The smallest absolute Gasteiger partial charge is 0.358 e. The highest BCUT2D eigenvalue weighted by Crippen LogP contribution is 2.25. The molecule has 3 rings (SSSR count). The second kappa shape index (κ2) is 6.43. The molecule has 26 heavy (non-hydrogen) atoms. The van der Waals surface area contributed by atoms with Gasteiger partial charge in [-0.2, -0.15) is 0 Å². The Balaban J connectivity index is 1.94. The highest BCUT2D eigenvalue weighted by Gasteiger charge is 2.16. The lowest BCUT2D eigenvalue weighted by molar-refractivity contribution is 0.0683. The van der Waals surface area contributed by atoms with E-state index in [1.54, 1.807) is 18.2 Å². The molecule has 0 unspecified atom stereocenters. The van der Waals surface area contributed by atoms with Crippen LogP contribution in [0.1, 0.15) is 20.8 Å². The Hall–Kier alpha value is -4.08. The fourth-order valence-corrected chi connectivity index (χ4v) is 2.19. The van der Waals surface area contributed by atoms with E-state index in [-0.39, 0.29) is 22.9 Å². The Labute approximate surface area is 146 Å². The van der Waals surface area contributed by atoms with E-state index in [1.807, 2.05) is 0 Å². The minimum Gasteiger partial charge on any atom is -0.478 e. The third-order valence-electron chi connectivity index (χ3n) is 3.46. The number of nitrogens with two attached hydrogens (primary N) is 2. The van der Waals surface area contributed by atoms with Crippen molar-refractivity contribution in [1.29, 1.82) is 0 Å². The van der Waals surface area contributed by atoms with Crippen molar-refractivity contribution in [3.05, 3.63) is 47.9 Å². The second-order valence-electron chi connectivity index (χ2n) is 5.17. The van der Waals surface area contributed by atoms with Crippen molar-refractivity contribution < 1.29 is 19.8 Å². The van der Waals surface area contributed by atoms with Gasteiger partial charge in [-0.1, -0.05) is 0 Å². The molecule has 0 aliphatic rings. The van der Waals surface area contributed by atoms with Crippen molar-refractivity contribution in [2.75, 3.05) is 11.5 Å². The monoisotopic (exact) mass is 352 g/mol. The molecule has 3 heterocycles. The van der Waals surface area contributed by atoms with Crippen LogP contribution in [-0.4, -0.2) is 42.1 Å². The number of carboxylic acids is 2. The number of rotatable bonds is 4. The number of anilines is 2. The van der Waals surface area contributed by atoms with Gasteiger partial charge in [0.1, 0.15) is 5.69 Å². The van der Waals surface area contributed by atoms with Gasteiger partial charge in [0.05, 0.1) is 17.0 Å². The van der Waals surface area contributed by atoms with Crippen molar-refractivity contribution in [3.8, 4) is 22.6 Å². The molecule has 0 atom stereocenters. The first kappa shape index (κ1) is 16.8. The molecule has 6 N–H and O–H groups in total. The number of pyridine rings is 2. The molecular formula is C16H12N6O4. The highest BCUT2D eigenvalue weighted by atomic mass is 16.4. The number of nitrogen functional groups attached to an aromatic ring is 2. The minimum atomic E-state index is -1.32. The van der Waals surface area contributed by atoms with Crippen LogP contribution in [0.3, 0.4) is 0 Å². The molecular weight excluding hydrogens is 340 g/mol. The maximum Gasteiger partial charge on any atom is 0.358 e. The van der Waals surface area contributed by atoms with E-state index in [0.717, 1.165) is 0 Å². The van der Waals surface area contributed by atoms with Gasteiger partial charge in [0.15, 0.2) is 17.3 Å². The second-order valence-corrected chi connectivity index (χ2v) is 5.17. The topological polar surface area (TPSA) is 178 Å². The van der Waals surface area contributed by atoms with Gasteiger partial charge in [0.25, 0.3) is 0 Å². The van der Waals surface area contributed by atoms with Crippen LogP contribution in [0.2, 0.25) is 0 Å². The van der Waals surface area contributed by atoms with Gasteiger partial charge in [0.2, 0.25) is 0 Å². The summed E-state index contributed by atoms with van der Waals surface area (Å²) >= 11 is 0. The highest BCUT2D eigenvalue weighted by molar-refractivity contribution is 5.92. The Bertz CT molecular complexity index is 1000. The Morgan fingerprint density at radius 1 is 0.808 bits per heavy atom. The van der Waals surface area contributed by atoms with E-state index in [2.05, 4.69) is 19.9 Å². The van der Waals surface area contributed by atoms with E-state index in [9.17, 15) is 9.59 Å². The predicted octanol–water partition coefficient (Wildman–Crippen LogP) is 1.16. The summed E-state index contributed by atoms with van der Waals surface area (Å²) in [4.78, 5) is 37.9. The molecule has 0 spiro atoms. The average molecular weight is 352 g/mol. The molecule has 0 radical (unpaired) electrons. The molecule has 0 amide bonds. The Kier molecular flexibility index (Phi) is 4.15. The van der Waals surface area contributed by atoms with E-state index in [1.165, 1.54) is 18.5 Å². The van der Waals surface area contributed by atoms with Gasteiger partial charge in [0, 0.05) is 18.0 Å². The zero-order valence-electron chi connectivity index (χ0n) is 13.1. The normalized spacial score (nSPS) is 10.5. The molecule has 10 heteroatoms. The lowest BCUT2D eigenvalue weighted by Gasteiger charge is -2.08. The quantitative estimate of drug-likeness (QED) is 0.532. The molecule has 0 fully saturated rings. The first-order valence-corrected chi connectivity index (χ1v) is 7.19. The van der Waals surface area contributed by atoms with E-state index < -0.39 is 17.6 Å². The maximum absolute atomic E-state index is 11.0. The van der Waals surface area contributed by atoms with Crippen molar-refractivity contribution in [2.24, 2.45) is 0 Å². The standard InChI is InChI=1S/C16H12N6O4/c17-13-11(21-14(18)12(22-13)16(25)26)7-1-3-9(19-5-7)10-4-2-8(6-20-10)15(23)24/h1-6H,(H2,17,22)(H2,18,21)(H,23,24)(H,25,26). The first-order valence-electron chi connectivity index (χ1n) is 7.19. The van der Waals surface area contributed by atoms with Crippen LogP contribution in [0.15, 0.2) is 36.7 Å². The molecule has 0 bridgehead atoms. The third-order valence-corrected chi connectivity index (χ3v) is 3.46. The number of hydrogen-bond acceptors (Lipinski definition) is 8. The summed E-state index contributed by atoms with van der Waals surface area (Å²) in [6.45, 7) is 0. The van der Waals surface area contributed by atoms with Crippen LogP contribution in [-0.2, 0) is 0 Å². The molecule has 0 aliphatic heterocycles. The number of aromatic nitrogens is 4. The van der Waals surface area contributed by atoms with Gasteiger partial charge >= 0.3 is 11.9 Å². The zero-order valence-corrected chi connectivity index (χ0v) is 13.1. The predicted molar refractivity (Wildman–Crippen MR) is 91.2 cm³/mol. The summed E-state index contributed by atoms with van der Waals surface area (Å²) < 4.78 is 0. The zero-order chi connectivity index (χ0) is 18.8. The van der Waals surface area contributed by atoms with Crippen molar-refractivity contribution in [3.63, 3.8) is 0 Å². The number of nitrogens with zero attached hydrogens (tertiary/aromatic N) is 4. The molecule has 0 aliphatic carbocycles. The van der Waals surface area contributed by atoms with E-state index >= 15 is 0 Å². The van der Waals surface area contributed by atoms with Crippen LogP contribution < -0.4 is 11.5 Å². The summed E-state index contributed by atoms with van der Waals surface area (Å²) in [5, 5.41) is 17.9. The molecule has 3 aromatic rings. The number of aromatic carboxylic acids is 2. The van der Waals surface area contributed by atoms with E-state index in [0.29, 0.717) is 17.0 Å². The van der Waals surface area contributed by atoms with Crippen LogP contribution in [0.5, 0.6) is 0 Å². The van der Waals surface area contributed by atoms with Crippen molar-refractivity contribution in [1.82, 2.24) is 19.9 Å². The summed E-state index contributed by atoms with van der Waals surface area (Å²) in [5.74, 6) is -2.73. The largest absolute Gasteiger partial charge is 0.478 e. The van der Waals surface area contributed by atoms with E-state index in [4.69, 9.17) is 21.7 Å². The average Bonchev–Trinajstić information content (AvgIpc) is 2.63. The lowest BCUT2D eigenvalue weighted by Crippen LogP contribution is -2.11. The number of hydrogen-bond donors (Lipinski definition) is 4. The van der Waals surface area contributed by atoms with Gasteiger partial charge in [-0.25, -0.2) is 19.6 Å². The molecule has 0 aromatic carbocycles. The Morgan fingerprint density at radius 3 is 1.96 bits per heavy atom. The summed E-state index contributed by atoms with van der Waals surface area (Å²) in [6, 6.07) is 6.25. The van der Waals surface area contributed by atoms with Gasteiger partial charge in [-0.3, -0.25) is 9.97 Å². The number of carboxylic acid groups (broad SMARTS) is 2. The van der Waals surface area contributed by atoms with Crippen LogP contribution in [0.4, 0.5) is 11.6 Å².